The molecule has 10 heavy (non-hydrogen) atoms. The molecule has 0 aromatic rings. The normalized spacial score (nSPS) is 22.7. The van der Waals surface area contributed by atoms with Crippen LogP contribution < -0.4 is 5.32 Å². The number of hydrazone groups is 1. The maximum atomic E-state index is 4.00. The van der Waals surface area contributed by atoms with Gasteiger partial charge in [-0.15, -0.1) is 0 Å². The van der Waals surface area contributed by atoms with Crippen LogP contribution in [-0.4, -0.2) is 23.9 Å². The third-order valence-electron chi connectivity index (χ3n) is 1.77. The molecule has 3 nitrogen and oxygen atoms in total. The molecule has 0 aliphatic carbocycles. The Balaban J connectivity index is 2.85. The molecule has 0 unspecified atom stereocenters. The fraction of sp³-hybridized carbons (Fsp3) is 0.571. The molecule has 1 rings (SSSR count). The van der Waals surface area contributed by atoms with E-state index >= 15 is 0 Å². The van der Waals surface area contributed by atoms with Gasteiger partial charge in [0, 0.05) is 7.05 Å². The van der Waals surface area contributed by atoms with E-state index < -0.39 is 0 Å². The zero-order valence-electron chi connectivity index (χ0n) is 6.68. The van der Waals surface area contributed by atoms with Crippen molar-refractivity contribution >= 4 is 6.34 Å². The van der Waals surface area contributed by atoms with Gasteiger partial charge in [0.15, 0.2) is 0 Å². The van der Waals surface area contributed by atoms with E-state index in [0.717, 1.165) is 5.70 Å². The summed E-state index contributed by atoms with van der Waals surface area (Å²) in [5.74, 6) is 0. The highest BCUT2D eigenvalue weighted by molar-refractivity contribution is 5.58. The zero-order chi connectivity index (χ0) is 7.78. The molecule has 56 valence electrons. The number of nitrogens with zero attached hydrogens (tertiary/aromatic N) is 2. The minimum Gasteiger partial charge on any atom is -0.364 e. The van der Waals surface area contributed by atoms with Gasteiger partial charge >= 0.3 is 0 Å². The fourth-order valence-electron chi connectivity index (χ4n) is 0.834. The van der Waals surface area contributed by atoms with E-state index in [0.29, 0.717) is 0 Å². The molecule has 1 aliphatic rings. The van der Waals surface area contributed by atoms with Crippen LogP contribution >= 0.6 is 0 Å². The van der Waals surface area contributed by atoms with E-state index in [4.69, 9.17) is 0 Å². The number of hydrogen-bond acceptors (Lipinski definition) is 3. The summed E-state index contributed by atoms with van der Waals surface area (Å²) < 4.78 is 0. The lowest BCUT2D eigenvalue weighted by molar-refractivity contribution is 0.328. The van der Waals surface area contributed by atoms with Gasteiger partial charge in [0.05, 0.1) is 11.2 Å². The molecule has 0 amide bonds. The highest BCUT2D eigenvalue weighted by Gasteiger charge is 2.25. The Morgan fingerprint density at radius 1 is 1.70 bits per heavy atom. The lowest BCUT2D eigenvalue weighted by Crippen LogP contribution is -2.47. The van der Waals surface area contributed by atoms with E-state index in [1.54, 1.807) is 11.3 Å². The summed E-state index contributed by atoms with van der Waals surface area (Å²) in [5.41, 5.74) is 0.922. The predicted molar refractivity (Wildman–Crippen MR) is 42.6 cm³/mol. The second-order valence-corrected chi connectivity index (χ2v) is 2.98. The number of rotatable bonds is 0. The topological polar surface area (TPSA) is 27.6 Å². The average molecular weight is 139 g/mol. The molecule has 0 aromatic heterocycles. The first-order valence-electron chi connectivity index (χ1n) is 3.27. The Morgan fingerprint density at radius 3 is 2.70 bits per heavy atom. The minimum absolute atomic E-state index is 0.0590. The van der Waals surface area contributed by atoms with Crippen LogP contribution in [0, 0.1) is 0 Å². The molecule has 0 spiro atoms. The van der Waals surface area contributed by atoms with E-state index in [-0.39, 0.29) is 5.54 Å². The first-order valence-corrected chi connectivity index (χ1v) is 3.27. The van der Waals surface area contributed by atoms with Crippen molar-refractivity contribution in [2.24, 2.45) is 5.10 Å². The molecule has 0 radical (unpaired) electrons. The molecule has 0 saturated carbocycles. The van der Waals surface area contributed by atoms with Gasteiger partial charge in [0.25, 0.3) is 0 Å². The maximum Gasteiger partial charge on any atom is 0.110 e. The summed E-state index contributed by atoms with van der Waals surface area (Å²) in [4.78, 5) is 0. The van der Waals surface area contributed by atoms with Crippen LogP contribution in [0.1, 0.15) is 13.8 Å². The quantitative estimate of drug-likeness (QED) is 0.536. The smallest absolute Gasteiger partial charge is 0.110 e. The first-order chi connectivity index (χ1) is 4.54. The van der Waals surface area contributed by atoms with Gasteiger partial charge < -0.3 is 5.32 Å². The largest absolute Gasteiger partial charge is 0.364 e. The van der Waals surface area contributed by atoms with E-state index in [1.807, 2.05) is 7.05 Å². The molecule has 0 atom stereocenters. The monoisotopic (exact) mass is 139 g/mol. The zero-order valence-corrected chi connectivity index (χ0v) is 6.68. The van der Waals surface area contributed by atoms with Crippen molar-refractivity contribution < 1.29 is 0 Å². The molecule has 1 heterocycles. The van der Waals surface area contributed by atoms with Crippen LogP contribution in [-0.2, 0) is 0 Å². The average Bonchev–Trinajstić information content (AvgIpc) is 1.83. The SMILES string of the molecule is C=C1N(C)N=CNC1(C)C. The standard InChI is InChI=1S/C7H13N3/c1-6-7(2,3)8-5-9-10(6)4/h5H,1H2,2-4H3,(H,8,9). The summed E-state index contributed by atoms with van der Waals surface area (Å²) in [6.45, 7) is 8.03. The van der Waals surface area contributed by atoms with Crippen molar-refractivity contribution in [2.45, 2.75) is 19.4 Å². The van der Waals surface area contributed by atoms with Crippen LogP contribution in [0.4, 0.5) is 0 Å². The van der Waals surface area contributed by atoms with E-state index in [9.17, 15) is 0 Å². The lowest BCUT2D eigenvalue weighted by atomic mass is 10.0. The van der Waals surface area contributed by atoms with Gasteiger partial charge in [-0.05, 0) is 13.8 Å². The van der Waals surface area contributed by atoms with Gasteiger partial charge in [-0.1, -0.05) is 6.58 Å². The van der Waals surface area contributed by atoms with Crippen molar-refractivity contribution in [1.82, 2.24) is 10.3 Å². The van der Waals surface area contributed by atoms with E-state index in [1.165, 1.54) is 0 Å². The second kappa shape index (κ2) is 2.01. The number of likely N-dealkylation sites (N-methyl/N-ethyl adjacent to an activating group) is 1. The van der Waals surface area contributed by atoms with Crippen molar-refractivity contribution in [3.63, 3.8) is 0 Å². The second-order valence-electron chi connectivity index (χ2n) is 2.98. The summed E-state index contributed by atoms with van der Waals surface area (Å²) in [6, 6.07) is 0. The Bertz CT molecular complexity index is 181. The highest BCUT2D eigenvalue weighted by atomic mass is 15.5. The molecule has 3 heteroatoms. The predicted octanol–water partition coefficient (Wildman–Crippen LogP) is 0.757. The summed E-state index contributed by atoms with van der Waals surface area (Å²) in [5, 5.41) is 8.88. The summed E-state index contributed by atoms with van der Waals surface area (Å²) >= 11 is 0. The Hall–Kier alpha value is -0.990. The van der Waals surface area contributed by atoms with Gasteiger partial charge in [-0.25, -0.2) is 0 Å². The Morgan fingerprint density at radius 2 is 2.30 bits per heavy atom. The van der Waals surface area contributed by atoms with Crippen LogP contribution in [0.2, 0.25) is 0 Å². The van der Waals surface area contributed by atoms with E-state index in [2.05, 4.69) is 30.8 Å². The van der Waals surface area contributed by atoms with Crippen molar-refractivity contribution in [3.8, 4) is 0 Å². The van der Waals surface area contributed by atoms with Gasteiger partial charge in [-0.2, -0.15) is 5.10 Å². The molecule has 1 N–H and O–H groups in total. The van der Waals surface area contributed by atoms with Crippen molar-refractivity contribution in [2.75, 3.05) is 7.05 Å². The van der Waals surface area contributed by atoms with Crippen molar-refractivity contribution in [1.29, 1.82) is 0 Å². The Labute approximate surface area is 61.4 Å². The number of hydrogen-bond donors (Lipinski definition) is 1. The van der Waals surface area contributed by atoms with Crippen LogP contribution in [0.25, 0.3) is 0 Å². The van der Waals surface area contributed by atoms with Crippen LogP contribution in [0.15, 0.2) is 17.4 Å². The third kappa shape index (κ3) is 0.988. The lowest BCUT2D eigenvalue weighted by Gasteiger charge is -2.35. The molecular formula is C7H13N3. The van der Waals surface area contributed by atoms with Gasteiger partial charge in [0.1, 0.15) is 6.34 Å². The van der Waals surface area contributed by atoms with Crippen LogP contribution in [0.3, 0.4) is 0 Å². The molecule has 0 fully saturated rings. The molecule has 0 aromatic carbocycles. The molecule has 1 aliphatic heterocycles. The molecule has 0 bridgehead atoms. The van der Waals surface area contributed by atoms with Crippen molar-refractivity contribution in [3.05, 3.63) is 12.3 Å². The van der Waals surface area contributed by atoms with Gasteiger partial charge in [0.2, 0.25) is 0 Å². The third-order valence-corrected chi connectivity index (χ3v) is 1.77. The van der Waals surface area contributed by atoms with Crippen LogP contribution in [0.5, 0.6) is 0 Å². The molecule has 0 saturated heterocycles. The highest BCUT2D eigenvalue weighted by Crippen LogP contribution is 2.18. The summed E-state index contributed by atoms with van der Waals surface area (Å²) in [6.07, 6.45) is 1.69. The Kier molecular flexibility index (Phi) is 1.43. The maximum absolute atomic E-state index is 4.00. The fourth-order valence-corrected chi connectivity index (χ4v) is 0.834. The number of nitrogens with one attached hydrogen (secondary N) is 1. The molecular weight excluding hydrogens is 126 g/mol. The minimum atomic E-state index is -0.0590. The van der Waals surface area contributed by atoms with Gasteiger partial charge in [-0.3, -0.25) is 5.01 Å². The first kappa shape index (κ1) is 7.12. The summed E-state index contributed by atoms with van der Waals surface area (Å²) in [7, 11) is 1.89.